The number of pyridine rings is 1. The van der Waals surface area contributed by atoms with E-state index in [4.69, 9.17) is 9.88 Å². The molecule has 0 saturated carbocycles. The van der Waals surface area contributed by atoms with E-state index in [1.807, 2.05) is 39.0 Å². The number of allylic oxidation sites excluding steroid dienone is 1. The Labute approximate surface area is 158 Å². The third-order valence-electron chi connectivity index (χ3n) is 3.98. The summed E-state index contributed by atoms with van der Waals surface area (Å²) in [6.07, 6.45) is 1.79. The van der Waals surface area contributed by atoms with E-state index in [0.717, 1.165) is 40.1 Å². The van der Waals surface area contributed by atoms with Gasteiger partial charge in [-0.1, -0.05) is 26.5 Å². The molecule has 6 heteroatoms. The summed E-state index contributed by atoms with van der Waals surface area (Å²) in [6, 6.07) is 9.34. The highest BCUT2D eigenvalue weighted by Crippen LogP contribution is 2.25. The van der Waals surface area contributed by atoms with Gasteiger partial charge in [0.05, 0.1) is 36.2 Å². The molecule has 26 heavy (non-hydrogen) atoms. The van der Waals surface area contributed by atoms with Crippen LogP contribution in [0.3, 0.4) is 0 Å². The minimum atomic E-state index is -0.421. The van der Waals surface area contributed by atoms with E-state index in [-0.39, 0.29) is 5.92 Å². The van der Waals surface area contributed by atoms with Crippen molar-refractivity contribution in [2.45, 2.75) is 20.8 Å². The molecule has 136 valence electrons. The Kier molecular flexibility index (Phi) is 6.71. The van der Waals surface area contributed by atoms with Crippen molar-refractivity contribution in [3.63, 3.8) is 0 Å². The summed E-state index contributed by atoms with van der Waals surface area (Å²) >= 11 is 0.869. The van der Waals surface area contributed by atoms with Crippen LogP contribution in [0.25, 0.3) is 11.3 Å². The predicted molar refractivity (Wildman–Crippen MR) is 108 cm³/mol. The Balaban J connectivity index is 2.66. The van der Waals surface area contributed by atoms with Crippen molar-refractivity contribution in [1.82, 2.24) is 4.98 Å². The van der Waals surface area contributed by atoms with Gasteiger partial charge >= 0.3 is 5.97 Å². The van der Waals surface area contributed by atoms with Crippen LogP contribution in [0.2, 0.25) is 0 Å². The first-order valence-electron chi connectivity index (χ1n) is 8.17. The summed E-state index contributed by atoms with van der Waals surface area (Å²) in [5, 5.41) is 5.58. The number of aryl methyl sites for hydroxylation is 1. The smallest absolute Gasteiger partial charge is 0.337 e. The van der Waals surface area contributed by atoms with E-state index in [9.17, 15) is 4.79 Å². The van der Waals surface area contributed by atoms with Crippen LogP contribution >= 0.6 is 12.1 Å². The molecule has 0 aliphatic carbocycles. The van der Waals surface area contributed by atoms with Crippen LogP contribution in [0.4, 0.5) is 0 Å². The zero-order valence-electron chi connectivity index (χ0n) is 15.4. The van der Waals surface area contributed by atoms with E-state index in [2.05, 4.69) is 16.0 Å². The monoisotopic (exact) mass is 369 g/mol. The highest BCUT2D eigenvalue weighted by Gasteiger charge is 2.17. The average molecular weight is 369 g/mol. The second-order valence-corrected chi connectivity index (χ2v) is 6.63. The van der Waals surface area contributed by atoms with Gasteiger partial charge in [-0.2, -0.15) is 4.40 Å². The van der Waals surface area contributed by atoms with Crippen molar-refractivity contribution < 1.29 is 9.53 Å². The molecular formula is C20H23N3O2S. The first kappa shape index (κ1) is 19.9. The van der Waals surface area contributed by atoms with Crippen LogP contribution in [-0.4, -0.2) is 23.8 Å². The molecule has 1 heterocycles. The number of benzene rings is 1. The highest BCUT2D eigenvalue weighted by molar-refractivity contribution is 7.95. The molecule has 0 bridgehead atoms. The Morgan fingerprint density at radius 3 is 2.50 bits per heavy atom. The molecule has 1 aromatic heterocycles. The summed E-state index contributed by atoms with van der Waals surface area (Å²) in [6.45, 7) is 10.2. The maximum Gasteiger partial charge on any atom is 0.337 e. The molecule has 0 radical (unpaired) electrons. The van der Waals surface area contributed by atoms with Crippen molar-refractivity contribution in [2.75, 3.05) is 7.11 Å². The van der Waals surface area contributed by atoms with E-state index < -0.39 is 5.97 Å². The highest BCUT2D eigenvalue weighted by atomic mass is 32.2. The van der Waals surface area contributed by atoms with Gasteiger partial charge in [0.25, 0.3) is 0 Å². The van der Waals surface area contributed by atoms with E-state index in [0.29, 0.717) is 11.3 Å². The summed E-state index contributed by atoms with van der Waals surface area (Å²) in [5.41, 5.74) is 5.30. The molecule has 0 atom stereocenters. The summed E-state index contributed by atoms with van der Waals surface area (Å²) in [4.78, 5) is 16.6. The van der Waals surface area contributed by atoms with Gasteiger partial charge in [-0.25, -0.2) is 4.79 Å². The van der Waals surface area contributed by atoms with E-state index >= 15 is 0 Å². The maximum atomic E-state index is 12.2. The number of methoxy groups -OCH3 is 1. The molecule has 0 unspecified atom stereocenters. The third kappa shape index (κ3) is 4.59. The number of carbonyl (C=O) groups excluding carboxylic acids is 1. The number of hydrogen-bond acceptors (Lipinski definition) is 6. The minimum Gasteiger partial charge on any atom is -0.465 e. The van der Waals surface area contributed by atoms with Crippen molar-refractivity contribution in [3.8, 4) is 11.3 Å². The lowest BCUT2D eigenvalue weighted by Gasteiger charge is -2.15. The number of hydrogen-bond donors (Lipinski definition) is 1. The number of rotatable bonds is 6. The SMILES string of the molecule is C=C(/C(=N\SN)c1cc(C(=O)OC)cc(-c2ccc(C)cn2)c1)C(C)C. The van der Waals surface area contributed by atoms with Crippen LogP contribution < -0.4 is 5.14 Å². The zero-order valence-corrected chi connectivity index (χ0v) is 16.3. The molecule has 0 spiro atoms. The molecule has 2 rings (SSSR count). The Bertz CT molecular complexity index is 843. The fraction of sp³-hybridized carbons (Fsp3) is 0.250. The minimum absolute atomic E-state index is 0.184. The second kappa shape index (κ2) is 8.78. The number of carbonyl (C=O) groups is 1. The number of nitrogens with two attached hydrogens (primary N) is 1. The lowest BCUT2D eigenvalue weighted by atomic mass is 9.92. The van der Waals surface area contributed by atoms with Crippen LogP contribution in [0.15, 0.2) is 53.1 Å². The van der Waals surface area contributed by atoms with Gasteiger partial charge in [-0.15, -0.1) is 0 Å². The molecular weight excluding hydrogens is 346 g/mol. The predicted octanol–water partition coefficient (Wildman–Crippen LogP) is 4.37. The standard InChI is InChI=1S/C20H23N3O2S/c1-12(2)14(4)19(23-26-21)16-8-15(9-17(10-16)20(24)25-5)18-7-6-13(3)11-22-18/h6-12H,4,21H2,1-3,5H3/b23-19+. The van der Waals surface area contributed by atoms with Crippen LogP contribution in [0.5, 0.6) is 0 Å². The largest absolute Gasteiger partial charge is 0.465 e. The summed E-state index contributed by atoms with van der Waals surface area (Å²) in [5.74, 6) is -0.237. The van der Waals surface area contributed by atoms with Gasteiger partial charge < -0.3 is 4.74 Å². The molecule has 0 aliphatic heterocycles. The normalized spacial score (nSPS) is 11.5. The van der Waals surface area contributed by atoms with Crippen molar-refractivity contribution >= 4 is 23.8 Å². The van der Waals surface area contributed by atoms with Gasteiger partial charge in [0, 0.05) is 17.3 Å². The van der Waals surface area contributed by atoms with Crippen molar-refractivity contribution in [2.24, 2.45) is 15.5 Å². The number of aromatic nitrogens is 1. The molecule has 1 aromatic carbocycles. The first-order chi connectivity index (χ1) is 12.4. The average Bonchev–Trinajstić information content (AvgIpc) is 2.65. The van der Waals surface area contributed by atoms with Gasteiger partial charge in [0.1, 0.15) is 0 Å². The van der Waals surface area contributed by atoms with Crippen LogP contribution in [0, 0.1) is 12.8 Å². The fourth-order valence-corrected chi connectivity index (χ4v) is 2.74. The van der Waals surface area contributed by atoms with E-state index in [1.165, 1.54) is 7.11 Å². The Hall–Kier alpha value is -2.44. The van der Waals surface area contributed by atoms with Crippen LogP contribution in [-0.2, 0) is 4.74 Å². The topological polar surface area (TPSA) is 77.6 Å². The fourth-order valence-electron chi connectivity index (χ4n) is 2.41. The number of ether oxygens (including phenoxy) is 1. The molecule has 2 N–H and O–H groups in total. The lowest BCUT2D eigenvalue weighted by molar-refractivity contribution is 0.0601. The van der Waals surface area contributed by atoms with Gasteiger partial charge in [0.15, 0.2) is 0 Å². The Morgan fingerprint density at radius 1 is 1.27 bits per heavy atom. The zero-order chi connectivity index (χ0) is 19.3. The molecule has 0 aliphatic rings. The van der Waals surface area contributed by atoms with Crippen LogP contribution in [0.1, 0.15) is 35.3 Å². The third-order valence-corrected chi connectivity index (χ3v) is 4.27. The number of esters is 1. The molecule has 2 aromatic rings. The van der Waals surface area contributed by atoms with Crippen molar-refractivity contribution in [1.29, 1.82) is 0 Å². The second-order valence-electron chi connectivity index (χ2n) is 6.24. The van der Waals surface area contributed by atoms with Gasteiger partial charge in [0.2, 0.25) is 0 Å². The van der Waals surface area contributed by atoms with Gasteiger partial charge in [-0.3, -0.25) is 10.1 Å². The molecule has 0 saturated heterocycles. The molecule has 0 amide bonds. The van der Waals surface area contributed by atoms with Gasteiger partial charge in [-0.05, 0) is 48.2 Å². The Morgan fingerprint density at radius 2 is 1.96 bits per heavy atom. The summed E-state index contributed by atoms with van der Waals surface area (Å²) < 4.78 is 9.23. The molecule has 5 nitrogen and oxygen atoms in total. The number of nitrogens with zero attached hydrogens (tertiary/aromatic N) is 2. The lowest BCUT2D eigenvalue weighted by Crippen LogP contribution is -2.11. The quantitative estimate of drug-likeness (QED) is 0.465. The summed E-state index contributed by atoms with van der Waals surface area (Å²) in [7, 11) is 1.36. The molecule has 0 fully saturated rings. The van der Waals surface area contributed by atoms with Crippen molar-refractivity contribution in [3.05, 3.63) is 65.4 Å². The van der Waals surface area contributed by atoms with E-state index in [1.54, 1.807) is 18.3 Å². The first-order valence-corrected chi connectivity index (χ1v) is 9.01. The maximum absolute atomic E-state index is 12.2.